The fourth-order valence-electron chi connectivity index (χ4n) is 5.47. The highest BCUT2D eigenvalue weighted by Crippen LogP contribution is 2.50. The standard InChI is InChI=1S/C30H40O2/c1-5-7-9-11-27(31)30-26(23-16-12-21(3)13-17-23)20-28(32)25(10-8-6-2)29(30)24-18-14-22(4)15-19-24/h12-19,25-26,29-30H,5-11,20H2,1-4H3/t25-,26-,29-,30-/m0/s1. The molecular formula is C30H40O2. The lowest BCUT2D eigenvalue weighted by atomic mass is 9.59. The van der Waals surface area contributed by atoms with Gasteiger partial charge in [-0.05, 0) is 37.8 Å². The van der Waals surface area contributed by atoms with Crippen molar-refractivity contribution in [3.05, 3.63) is 70.8 Å². The van der Waals surface area contributed by atoms with Crippen LogP contribution in [0.25, 0.3) is 0 Å². The highest BCUT2D eigenvalue weighted by Gasteiger charge is 2.47. The first kappa shape index (κ1) is 24.4. The topological polar surface area (TPSA) is 34.1 Å². The van der Waals surface area contributed by atoms with Crippen molar-refractivity contribution in [2.45, 2.75) is 90.9 Å². The van der Waals surface area contributed by atoms with E-state index in [1.54, 1.807) is 0 Å². The molecule has 1 saturated carbocycles. The SMILES string of the molecule is CCCCCC(=O)[C@H]1[C@@H](c2ccc(C)cc2)[C@@H](CCCC)C(=O)C[C@H]1c1ccc(C)cc1. The van der Waals surface area contributed by atoms with Crippen LogP contribution in [-0.2, 0) is 9.59 Å². The average Bonchev–Trinajstić information content (AvgIpc) is 2.79. The van der Waals surface area contributed by atoms with Gasteiger partial charge in [0.2, 0.25) is 0 Å². The molecule has 4 atom stereocenters. The minimum absolute atomic E-state index is 0.0242. The van der Waals surface area contributed by atoms with Gasteiger partial charge in [-0.3, -0.25) is 9.59 Å². The van der Waals surface area contributed by atoms with Crippen LogP contribution in [0.3, 0.4) is 0 Å². The summed E-state index contributed by atoms with van der Waals surface area (Å²) in [6.07, 6.45) is 7.24. The van der Waals surface area contributed by atoms with E-state index in [1.807, 2.05) is 0 Å². The summed E-state index contributed by atoms with van der Waals surface area (Å²) in [7, 11) is 0. The Morgan fingerprint density at radius 1 is 0.812 bits per heavy atom. The minimum atomic E-state index is -0.128. The summed E-state index contributed by atoms with van der Waals surface area (Å²) in [5, 5.41) is 0. The van der Waals surface area contributed by atoms with Crippen molar-refractivity contribution in [3.8, 4) is 0 Å². The van der Waals surface area contributed by atoms with Crippen LogP contribution in [0.2, 0.25) is 0 Å². The second kappa shape index (κ2) is 11.6. The zero-order chi connectivity index (χ0) is 23.1. The van der Waals surface area contributed by atoms with Crippen LogP contribution >= 0.6 is 0 Å². The Morgan fingerprint density at radius 3 is 1.94 bits per heavy atom. The summed E-state index contributed by atoms with van der Waals surface area (Å²) >= 11 is 0. The predicted octanol–water partition coefficient (Wildman–Crippen LogP) is 7.72. The Balaban J connectivity index is 2.07. The van der Waals surface area contributed by atoms with Gasteiger partial charge in [0.25, 0.3) is 0 Å². The third kappa shape index (κ3) is 5.77. The van der Waals surface area contributed by atoms with Crippen LogP contribution in [0.1, 0.15) is 99.3 Å². The monoisotopic (exact) mass is 432 g/mol. The van der Waals surface area contributed by atoms with Crippen molar-refractivity contribution < 1.29 is 9.59 Å². The van der Waals surface area contributed by atoms with Gasteiger partial charge in [-0.25, -0.2) is 0 Å². The molecule has 0 saturated heterocycles. The second-order valence-corrected chi connectivity index (χ2v) is 9.82. The summed E-state index contributed by atoms with van der Waals surface area (Å²) in [4.78, 5) is 27.3. The second-order valence-electron chi connectivity index (χ2n) is 9.82. The average molecular weight is 433 g/mol. The van der Waals surface area contributed by atoms with Gasteiger partial charge < -0.3 is 0 Å². The van der Waals surface area contributed by atoms with E-state index in [9.17, 15) is 9.59 Å². The molecule has 1 aliphatic carbocycles. The minimum Gasteiger partial charge on any atom is -0.299 e. The van der Waals surface area contributed by atoms with Crippen molar-refractivity contribution in [2.75, 3.05) is 0 Å². The third-order valence-electron chi connectivity index (χ3n) is 7.32. The summed E-state index contributed by atoms with van der Waals surface area (Å²) in [6, 6.07) is 17.1. The molecule has 2 heteroatoms. The van der Waals surface area contributed by atoms with E-state index >= 15 is 0 Å². The highest BCUT2D eigenvalue weighted by molar-refractivity contribution is 5.90. The van der Waals surface area contributed by atoms with Crippen molar-refractivity contribution in [2.24, 2.45) is 11.8 Å². The maximum Gasteiger partial charge on any atom is 0.137 e. The summed E-state index contributed by atoms with van der Waals surface area (Å²) in [6.45, 7) is 8.53. The van der Waals surface area contributed by atoms with E-state index in [0.717, 1.165) is 49.7 Å². The van der Waals surface area contributed by atoms with E-state index < -0.39 is 0 Å². The van der Waals surface area contributed by atoms with Crippen LogP contribution < -0.4 is 0 Å². The van der Waals surface area contributed by atoms with Gasteiger partial charge in [-0.2, -0.15) is 0 Å². The van der Waals surface area contributed by atoms with Gasteiger partial charge in [0.05, 0.1) is 0 Å². The number of carbonyl (C=O) groups excluding carboxylic acids is 2. The molecule has 0 spiro atoms. The van der Waals surface area contributed by atoms with Gasteiger partial charge in [-0.15, -0.1) is 0 Å². The number of aryl methyl sites for hydroxylation is 2. The van der Waals surface area contributed by atoms with E-state index in [4.69, 9.17) is 0 Å². The molecule has 0 aliphatic heterocycles. The molecule has 1 fully saturated rings. The normalized spacial score (nSPS) is 23.3. The van der Waals surface area contributed by atoms with E-state index in [0.29, 0.717) is 24.4 Å². The van der Waals surface area contributed by atoms with E-state index in [2.05, 4.69) is 76.2 Å². The lowest BCUT2D eigenvalue weighted by molar-refractivity contribution is -0.133. The van der Waals surface area contributed by atoms with Gasteiger partial charge in [0.1, 0.15) is 11.6 Å². The molecule has 1 aliphatic rings. The molecule has 2 nitrogen and oxygen atoms in total. The molecule has 0 unspecified atom stereocenters. The first-order valence-electron chi connectivity index (χ1n) is 12.6. The van der Waals surface area contributed by atoms with Crippen molar-refractivity contribution >= 4 is 11.6 Å². The highest BCUT2D eigenvalue weighted by atomic mass is 16.1. The molecule has 172 valence electrons. The number of rotatable bonds is 10. The molecule has 32 heavy (non-hydrogen) atoms. The number of hydrogen-bond donors (Lipinski definition) is 0. The van der Waals surface area contributed by atoms with Crippen LogP contribution in [0.4, 0.5) is 0 Å². The maximum absolute atomic E-state index is 13.8. The Bertz CT molecular complexity index is 878. The molecule has 0 radical (unpaired) electrons. The lowest BCUT2D eigenvalue weighted by Gasteiger charge is -2.42. The maximum atomic E-state index is 13.8. The molecule has 0 bridgehead atoms. The summed E-state index contributed by atoms with van der Waals surface area (Å²) < 4.78 is 0. The number of Topliss-reactive ketones (excluding diaryl/α,β-unsaturated/α-hetero) is 2. The Hall–Kier alpha value is -2.22. The van der Waals surface area contributed by atoms with Crippen LogP contribution in [-0.4, -0.2) is 11.6 Å². The molecule has 2 aromatic rings. The fraction of sp³-hybridized carbons (Fsp3) is 0.533. The summed E-state index contributed by atoms with van der Waals surface area (Å²) in [5.41, 5.74) is 4.72. The molecule has 2 aromatic carbocycles. The third-order valence-corrected chi connectivity index (χ3v) is 7.32. The number of ketones is 2. The zero-order valence-corrected chi connectivity index (χ0v) is 20.4. The van der Waals surface area contributed by atoms with Gasteiger partial charge in [-0.1, -0.05) is 99.2 Å². The Morgan fingerprint density at radius 2 is 1.38 bits per heavy atom. The number of hydrogen-bond acceptors (Lipinski definition) is 2. The van der Waals surface area contributed by atoms with Crippen LogP contribution in [0, 0.1) is 25.7 Å². The smallest absolute Gasteiger partial charge is 0.137 e. The van der Waals surface area contributed by atoms with Gasteiger partial charge in [0, 0.05) is 36.5 Å². The van der Waals surface area contributed by atoms with Crippen molar-refractivity contribution in [3.63, 3.8) is 0 Å². The Kier molecular flexibility index (Phi) is 8.84. The zero-order valence-electron chi connectivity index (χ0n) is 20.4. The Labute approximate surface area is 194 Å². The predicted molar refractivity (Wildman–Crippen MR) is 133 cm³/mol. The quantitative estimate of drug-likeness (QED) is 0.360. The fourth-order valence-corrected chi connectivity index (χ4v) is 5.47. The molecule has 0 N–H and O–H groups in total. The largest absolute Gasteiger partial charge is 0.299 e. The lowest BCUT2D eigenvalue weighted by Crippen LogP contribution is -2.42. The van der Waals surface area contributed by atoms with E-state index in [1.165, 1.54) is 11.1 Å². The van der Waals surface area contributed by atoms with Crippen LogP contribution in [0.5, 0.6) is 0 Å². The first-order chi connectivity index (χ1) is 15.5. The number of unbranched alkanes of at least 4 members (excludes halogenated alkanes) is 3. The molecule has 3 rings (SSSR count). The molecule has 0 heterocycles. The van der Waals surface area contributed by atoms with Gasteiger partial charge >= 0.3 is 0 Å². The van der Waals surface area contributed by atoms with Gasteiger partial charge in [0.15, 0.2) is 0 Å². The molecule has 0 aromatic heterocycles. The van der Waals surface area contributed by atoms with Crippen molar-refractivity contribution in [1.82, 2.24) is 0 Å². The molecular weight excluding hydrogens is 392 g/mol. The number of carbonyl (C=O) groups is 2. The first-order valence-corrected chi connectivity index (χ1v) is 12.6. The van der Waals surface area contributed by atoms with E-state index in [-0.39, 0.29) is 23.7 Å². The van der Waals surface area contributed by atoms with Crippen molar-refractivity contribution in [1.29, 1.82) is 0 Å². The summed E-state index contributed by atoms with van der Waals surface area (Å²) in [5.74, 6) is 0.456. The molecule has 0 amide bonds. The number of benzene rings is 2. The van der Waals surface area contributed by atoms with Crippen LogP contribution in [0.15, 0.2) is 48.5 Å².